The van der Waals surface area contributed by atoms with Gasteiger partial charge in [0.25, 0.3) is 0 Å². The second kappa shape index (κ2) is 7.43. The van der Waals surface area contributed by atoms with Gasteiger partial charge in [0.1, 0.15) is 11.6 Å². The number of halogens is 2. The van der Waals surface area contributed by atoms with Crippen molar-refractivity contribution in [3.05, 3.63) is 64.4 Å². The lowest BCUT2D eigenvalue weighted by Gasteiger charge is -2.15. The third-order valence-electron chi connectivity index (χ3n) is 3.21. The van der Waals surface area contributed by atoms with Gasteiger partial charge in [0, 0.05) is 11.1 Å². The maximum atomic E-state index is 13.0. The molecule has 0 aromatic heterocycles. The molecule has 0 aliphatic rings. The van der Waals surface area contributed by atoms with Gasteiger partial charge in [0.15, 0.2) is 0 Å². The summed E-state index contributed by atoms with van der Waals surface area (Å²) >= 11 is 6.04. The lowest BCUT2D eigenvalue weighted by molar-refractivity contribution is 0.317. The highest BCUT2D eigenvalue weighted by Gasteiger charge is 2.11. The Morgan fingerprint density at radius 2 is 2.05 bits per heavy atom. The minimum atomic E-state index is -0.340. The van der Waals surface area contributed by atoms with E-state index in [0.29, 0.717) is 18.1 Å². The van der Waals surface area contributed by atoms with Crippen LogP contribution in [0, 0.1) is 5.82 Å². The normalized spacial score (nSPS) is 12.2. The standard InChI is InChI=1S/C17H19ClFNO/c1-2-8-21-15-5-3-4-13(9-15)17(20)10-12-6-7-14(19)11-16(12)18/h3-7,9,11,17H,2,8,10,20H2,1H3. The predicted molar refractivity (Wildman–Crippen MR) is 84.3 cm³/mol. The highest BCUT2D eigenvalue weighted by Crippen LogP contribution is 2.25. The molecule has 21 heavy (non-hydrogen) atoms. The van der Waals surface area contributed by atoms with Gasteiger partial charge in [-0.1, -0.05) is 36.7 Å². The Hall–Kier alpha value is -1.58. The summed E-state index contributed by atoms with van der Waals surface area (Å²) in [6.07, 6.45) is 1.51. The fraction of sp³-hybridized carbons (Fsp3) is 0.294. The first-order valence-electron chi connectivity index (χ1n) is 7.02. The molecule has 2 aromatic rings. The molecule has 0 saturated carbocycles. The highest BCUT2D eigenvalue weighted by molar-refractivity contribution is 6.31. The van der Waals surface area contributed by atoms with Gasteiger partial charge in [0.05, 0.1) is 6.61 Å². The van der Waals surface area contributed by atoms with Gasteiger partial charge in [-0.05, 0) is 48.2 Å². The first-order chi connectivity index (χ1) is 10.1. The summed E-state index contributed by atoms with van der Waals surface area (Å²) in [5.41, 5.74) is 8.04. The Morgan fingerprint density at radius 3 is 2.76 bits per heavy atom. The highest BCUT2D eigenvalue weighted by atomic mass is 35.5. The Bertz CT molecular complexity index is 603. The molecule has 2 N–H and O–H groups in total. The molecule has 2 aromatic carbocycles. The summed E-state index contributed by atoms with van der Waals surface area (Å²) in [7, 11) is 0. The van der Waals surface area contributed by atoms with Crippen LogP contribution in [0.3, 0.4) is 0 Å². The molecule has 2 rings (SSSR count). The van der Waals surface area contributed by atoms with Crippen LogP contribution in [0.25, 0.3) is 0 Å². The lowest BCUT2D eigenvalue weighted by Crippen LogP contribution is -2.13. The smallest absolute Gasteiger partial charge is 0.124 e. The Kier molecular flexibility index (Phi) is 5.59. The van der Waals surface area contributed by atoms with Crippen molar-refractivity contribution in [3.8, 4) is 5.75 Å². The monoisotopic (exact) mass is 307 g/mol. The van der Waals surface area contributed by atoms with Crippen LogP contribution in [0.5, 0.6) is 5.75 Å². The van der Waals surface area contributed by atoms with Crippen LogP contribution in [0.4, 0.5) is 4.39 Å². The van der Waals surface area contributed by atoms with Gasteiger partial charge in [0.2, 0.25) is 0 Å². The first kappa shape index (κ1) is 15.8. The molecular weight excluding hydrogens is 289 g/mol. The molecule has 112 valence electrons. The van der Waals surface area contributed by atoms with Crippen molar-refractivity contribution >= 4 is 11.6 Å². The van der Waals surface area contributed by atoms with E-state index < -0.39 is 0 Å². The maximum Gasteiger partial charge on any atom is 0.124 e. The van der Waals surface area contributed by atoms with Crippen LogP contribution in [0.15, 0.2) is 42.5 Å². The quantitative estimate of drug-likeness (QED) is 0.852. The van der Waals surface area contributed by atoms with E-state index in [2.05, 4.69) is 6.92 Å². The molecule has 0 spiro atoms. The average molecular weight is 308 g/mol. The number of hydrogen-bond acceptors (Lipinski definition) is 2. The maximum absolute atomic E-state index is 13.0. The van der Waals surface area contributed by atoms with E-state index in [1.54, 1.807) is 6.07 Å². The van der Waals surface area contributed by atoms with Crippen LogP contribution in [-0.4, -0.2) is 6.61 Å². The van der Waals surface area contributed by atoms with Crippen molar-refractivity contribution < 1.29 is 9.13 Å². The van der Waals surface area contributed by atoms with Crippen molar-refractivity contribution in [1.29, 1.82) is 0 Å². The molecule has 1 atom stereocenters. The minimum Gasteiger partial charge on any atom is -0.494 e. The Morgan fingerprint density at radius 1 is 1.24 bits per heavy atom. The average Bonchev–Trinajstić information content (AvgIpc) is 2.48. The van der Waals surface area contributed by atoms with Crippen molar-refractivity contribution in [2.24, 2.45) is 5.73 Å². The van der Waals surface area contributed by atoms with Crippen LogP contribution in [0.2, 0.25) is 5.02 Å². The molecule has 2 nitrogen and oxygen atoms in total. The summed E-state index contributed by atoms with van der Waals surface area (Å²) in [5.74, 6) is 0.474. The third kappa shape index (κ3) is 4.45. The van der Waals surface area contributed by atoms with Crippen LogP contribution < -0.4 is 10.5 Å². The van der Waals surface area contributed by atoms with Crippen molar-refractivity contribution in [1.82, 2.24) is 0 Å². The molecule has 0 heterocycles. The zero-order valence-corrected chi connectivity index (χ0v) is 12.7. The summed E-state index contributed by atoms with van der Waals surface area (Å²) in [6, 6.07) is 11.9. The second-order valence-corrected chi connectivity index (χ2v) is 5.37. The van der Waals surface area contributed by atoms with Gasteiger partial charge in [-0.3, -0.25) is 0 Å². The van der Waals surface area contributed by atoms with E-state index in [1.807, 2.05) is 24.3 Å². The van der Waals surface area contributed by atoms with Crippen LogP contribution in [0.1, 0.15) is 30.5 Å². The summed E-state index contributed by atoms with van der Waals surface area (Å²) in [6.45, 7) is 2.74. The van der Waals surface area contributed by atoms with Gasteiger partial charge in [-0.2, -0.15) is 0 Å². The largest absolute Gasteiger partial charge is 0.494 e. The Labute approximate surface area is 129 Å². The zero-order chi connectivity index (χ0) is 15.2. The summed E-state index contributed by atoms with van der Waals surface area (Å²) in [5, 5.41) is 0.406. The fourth-order valence-electron chi connectivity index (χ4n) is 2.10. The van der Waals surface area contributed by atoms with E-state index >= 15 is 0 Å². The summed E-state index contributed by atoms with van der Waals surface area (Å²) in [4.78, 5) is 0. The van der Waals surface area contributed by atoms with Gasteiger partial charge in [-0.15, -0.1) is 0 Å². The van der Waals surface area contributed by atoms with Crippen LogP contribution >= 0.6 is 11.6 Å². The number of benzene rings is 2. The predicted octanol–water partition coefficient (Wildman–Crippen LogP) is 4.51. The third-order valence-corrected chi connectivity index (χ3v) is 3.57. The number of hydrogen-bond donors (Lipinski definition) is 1. The molecule has 1 unspecified atom stereocenters. The van der Waals surface area contributed by atoms with Crippen LogP contribution in [-0.2, 0) is 6.42 Å². The molecule has 0 saturated heterocycles. The number of nitrogens with two attached hydrogens (primary N) is 1. The SMILES string of the molecule is CCCOc1cccc(C(N)Cc2ccc(F)cc2Cl)c1. The Balaban J connectivity index is 2.10. The van der Waals surface area contributed by atoms with E-state index in [-0.39, 0.29) is 11.9 Å². The van der Waals surface area contributed by atoms with E-state index in [4.69, 9.17) is 22.1 Å². The summed E-state index contributed by atoms with van der Waals surface area (Å²) < 4.78 is 18.7. The molecule has 0 radical (unpaired) electrons. The molecule has 0 bridgehead atoms. The lowest BCUT2D eigenvalue weighted by atomic mass is 9.99. The molecule has 0 fully saturated rings. The molecule has 0 amide bonds. The molecule has 0 aliphatic heterocycles. The van der Waals surface area contributed by atoms with Crippen molar-refractivity contribution in [2.75, 3.05) is 6.61 Å². The fourth-order valence-corrected chi connectivity index (χ4v) is 2.34. The number of rotatable bonds is 6. The molecule has 0 aliphatic carbocycles. The van der Waals surface area contributed by atoms with Crippen molar-refractivity contribution in [2.45, 2.75) is 25.8 Å². The van der Waals surface area contributed by atoms with Gasteiger partial charge >= 0.3 is 0 Å². The van der Waals surface area contributed by atoms with Gasteiger partial charge in [-0.25, -0.2) is 4.39 Å². The minimum absolute atomic E-state index is 0.210. The van der Waals surface area contributed by atoms with Crippen molar-refractivity contribution in [3.63, 3.8) is 0 Å². The van der Waals surface area contributed by atoms with E-state index in [1.165, 1.54) is 12.1 Å². The van der Waals surface area contributed by atoms with Gasteiger partial charge < -0.3 is 10.5 Å². The van der Waals surface area contributed by atoms with E-state index in [9.17, 15) is 4.39 Å². The van der Waals surface area contributed by atoms with E-state index in [0.717, 1.165) is 23.3 Å². The topological polar surface area (TPSA) is 35.2 Å². The zero-order valence-electron chi connectivity index (χ0n) is 12.0. The molecule has 4 heteroatoms. The first-order valence-corrected chi connectivity index (χ1v) is 7.40. The second-order valence-electron chi connectivity index (χ2n) is 4.97. The molecular formula is C17H19ClFNO. The number of ether oxygens (including phenoxy) is 1.